The summed E-state index contributed by atoms with van der Waals surface area (Å²) in [5.74, 6) is -0.703. The van der Waals surface area contributed by atoms with Crippen LogP contribution >= 0.6 is 11.8 Å². The van der Waals surface area contributed by atoms with Crippen molar-refractivity contribution in [3.05, 3.63) is 23.2 Å². The molecule has 1 aliphatic rings. The van der Waals surface area contributed by atoms with Crippen molar-refractivity contribution in [2.24, 2.45) is 0 Å². The minimum atomic E-state index is -0.703. The average Bonchev–Trinajstić information content (AvgIpc) is 2.51. The Kier molecular flexibility index (Phi) is 4.59. The van der Waals surface area contributed by atoms with E-state index < -0.39 is 5.97 Å². The van der Waals surface area contributed by atoms with Crippen LogP contribution in [-0.2, 0) is 4.79 Å². The SMILES string of the molecule is C=C1SC=CN1CCCCCC(=O)O. The second-order valence-electron chi connectivity index (χ2n) is 3.19. The van der Waals surface area contributed by atoms with E-state index in [1.165, 1.54) is 0 Å². The maximum Gasteiger partial charge on any atom is 0.303 e. The van der Waals surface area contributed by atoms with Crippen LogP contribution in [0.3, 0.4) is 0 Å². The number of thioether (sulfide) groups is 1. The highest BCUT2D eigenvalue weighted by molar-refractivity contribution is 8.05. The van der Waals surface area contributed by atoms with Gasteiger partial charge in [0.25, 0.3) is 0 Å². The van der Waals surface area contributed by atoms with Crippen molar-refractivity contribution in [2.45, 2.75) is 25.7 Å². The molecule has 14 heavy (non-hydrogen) atoms. The Hall–Kier alpha value is -0.900. The van der Waals surface area contributed by atoms with Crippen molar-refractivity contribution >= 4 is 17.7 Å². The van der Waals surface area contributed by atoms with Gasteiger partial charge in [-0.3, -0.25) is 4.79 Å². The van der Waals surface area contributed by atoms with Crippen LogP contribution in [0.2, 0.25) is 0 Å². The van der Waals surface area contributed by atoms with Gasteiger partial charge in [-0.25, -0.2) is 0 Å². The van der Waals surface area contributed by atoms with Gasteiger partial charge in [-0.05, 0) is 18.2 Å². The molecular weight excluding hydrogens is 198 g/mol. The zero-order chi connectivity index (χ0) is 10.4. The fourth-order valence-corrected chi connectivity index (χ4v) is 1.92. The lowest BCUT2D eigenvalue weighted by Crippen LogP contribution is -2.12. The second-order valence-corrected chi connectivity index (χ2v) is 4.17. The van der Waals surface area contributed by atoms with E-state index in [2.05, 4.69) is 11.5 Å². The van der Waals surface area contributed by atoms with Crippen LogP contribution in [0.4, 0.5) is 0 Å². The Labute approximate surface area is 88.5 Å². The molecule has 0 aromatic rings. The summed E-state index contributed by atoms with van der Waals surface area (Å²) in [5, 5.41) is 11.5. The molecule has 0 fully saturated rings. The summed E-state index contributed by atoms with van der Waals surface area (Å²) < 4.78 is 0. The Bertz CT molecular complexity index is 251. The van der Waals surface area contributed by atoms with Crippen LogP contribution in [0.1, 0.15) is 25.7 Å². The minimum Gasteiger partial charge on any atom is -0.481 e. The Morgan fingerprint density at radius 2 is 2.29 bits per heavy atom. The Balaban J connectivity index is 2.01. The third kappa shape index (κ3) is 3.87. The molecule has 4 heteroatoms. The van der Waals surface area contributed by atoms with Crippen LogP contribution in [0.25, 0.3) is 0 Å². The highest BCUT2D eigenvalue weighted by Crippen LogP contribution is 2.27. The molecule has 0 atom stereocenters. The maximum absolute atomic E-state index is 10.2. The Morgan fingerprint density at radius 1 is 1.50 bits per heavy atom. The molecule has 0 saturated carbocycles. The van der Waals surface area contributed by atoms with Gasteiger partial charge >= 0.3 is 5.97 Å². The standard InChI is InChI=1S/C10H15NO2S/c1-9-11(7-8-14-9)6-4-2-3-5-10(12)13/h7-8H,1-6H2,(H,12,13). The maximum atomic E-state index is 10.2. The number of carbonyl (C=O) groups is 1. The van der Waals surface area contributed by atoms with Crippen LogP contribution in [-0.4, -0.2) is 22.5 Å². The molecule has 0 amide bonds. The fourth-order valence-electron chi connectivity index (χ4n) is 1.27. The first kappa shape index (κ1) is 11.2. The average molecular weight is 213 g/mol. The van der Waals surface area contributed by atoms with Gasteiger partial charge in [0, 0.05) is 19.2 Å². The van der Waals surface area contributed by atoms with Crippen molar-refractivity contribution < 1.29 is 9.90 Å². The monoisotopic (exact) mass is 213 g/mol. The van der Waals surface area contributed by atoms with Crippen LogP contribution in [0.15, 0.2) is 23.2 Å². The van der Waals surface area contributed by atoms with Crippen molar-refractivity contribution in [3.8, 4) is 0 Å². The lowest BCUT2D eigenvalue weighted by molar-refractivity contribution is -0.137. The highest BCUT2D eigenvalue weighted by atomic mass is 32.2. The first-order chi connectivity index (χ1) is 6.70. The van der Waals surface area contributed by atoms with Gasteiger partial charge in [-0.1, -0.05) is 24.8 Å². The summed E-state index contributed by atoms with van der Waals surface area (Å²) in [6.07, 6.45) is 5.06. The highest BCUT2D eigenvalue weighted by Gasteiger charge is 2.08. The van der Waals surface area contributed by atoms with Gasteiger partial charge in [0.1, 0.15) is 0 Å². The molecule has 0 aromatic heterocycles. The summed E-state index contributed by atoms with van der Waals surface area (Å²) in [5.41, 5.74) is 0. The lowest BCUT2D eigenvalue weighted by atomic mass is 10.2. The van der Waals surface area contributed by atoms with Gasteiger partial charge in [0.05, 0.1) is 5.03 Å². The van der Waals surface area contributed by atoms with E-state index >= 15 is 0 Å². The van der Waals surface area contributed by atoms with Crippen LogP contribution in [0.5, 0.6) is 0 Å². The summed E-state index contributed by atoms with van der Waals surface area (Å²) >= 11 is 1.63. The largest absolute Gasteiger partial charge is 0.481 e. The summed E-state index contributed by atoms with van der Waals surface area (Å²) in [4.78, 5) is 12.3. The van der Waals surface area contributed by atoms with Crippen molar-refractivity contribution in [2.75, 3.05) is 6.54 Å². The number of hydrogen-bond donors (Lipinski definition) is 1. The molecule has 1 N–H and O–H groups in total. The number of unbranched alkanes of at least 4 members (excludes halogenated alkanes) is 2. The molecule has 0 spiro atoms. The molecule has 0 aliphatic carbocycles. The van der Waals surface area contributed by atoms with E-state index in [-0.39, 0.29) is 6.42 Å². The normalized spacial score (nSPS) is 15.1. The molecule has 0 unspecified atom stereocenters. The molecule has 1 rings (SSSR count). The first-order valence-corrected chi connectivity index (χ1v) is 5.59. The second kappa shape index (κ2) is 5.75. The minimum absolute atomic E-state index is 0.283. The molecule has 0 saturated heterocycles. The third-order valence-corrected chi connectivity index (χ3v) is 2.82. The number of hydrogen-bond acceptors (Lipinski definition) is 3. The molecule has 1 heterocycles. The molecule has 3 nitrogen and oxygen atoms in total. The molecule has 1 aliphatic heterocycles. The smallest absolute Gasteiger partial charge is 0.303 e. The van der Waals surface area contributed by atoms with Crippen molar-refractivity contribution in [1.82, 2.24) is 4.90 Å². The van der Waals surface area contributed by atoms with E-state index in [0.29, 0.717) is 0 Å². The summed E-state index contributed by atoms with van der Waals surface area (Å²) in [6, 6.07) is 0. The number of aliphatic carboxylic acids is 1. The predicted octanol–water partition coefficient (Wildman–Crippen LogP) is 2.62. The molecule has 78 valence electrons. The van der Waals surface area contributed by atoms with Gasteiger partial charge in [0.15, 0.2) is 0 Å². The molecule has 0 bridgehead atoms. The zero-order valence-electron chi connectivity index (χ0n) is 8.11. The topological polar surface area (TPSA) is 40.5 Å². The molecule has 0 radical (unpaired) electrons. The predicted molar refractivity (Wildman–Crippen MR) is 58.7 cm³/mol. The first-order valence-electron chi connectivity index (χ1n) is 4.71. The van der Waals surface area contributed by atoms with E-state index in [9.17, 15) is 4.79 Å². The van der Waals surface area contributed by atoms with Gasteiger partial charge in [-0.15, -0.1) is 0 Å². The van der Waals surface area contributed by atoms with Crippen LogP contribution < -0.4 is 0 Å². The lowest BCUT2D eigenvalue weighted by Gasteiger charge is -2.15. The quantitative estimate of drug-likeness (QED) is 0.688. The number of rotatable bonds is 6. The van der Waals surface area contributed by atoms with E-state index in [1.807, 2.05) is 11.6 Å². The number of carboxylic acids is 1. The van der Waals surface area contributed by atoms with E-state index in [1.54, 1.807) is 11.8 Å². The fraction of sp³-hybridized carbons (Fsp3) is 0.500. The summed E-state index contributed by atoms with van der Waals surface area (Å²) in [7, 11) is 0. The number of nitrogens with zero attached hydrogens (tertiary/aromatic N) is 1. The zero-order valence-corrected chi connectivity index (χ0v) is 8.92. The van der Waals surface area contributed by atoms with Crippen LogP contribution in [0, 0.1) is 0 Å². The van der Waals surface area contributed by atoms with Gasteiger partial charge < -0.3 is 10.0 Å². The van der Waals surface area contributed by atoms with Crippen molar-refractivity contribution in [1.29, 1.82) is 0 Å². The summed E-state index contributed by atoms with van der Waals surface area (Å²) in [6.45, 7) is 4.84. The van der Waals surface area contributed by atoms with Crippen molar-refractivity contribution in [3.63, 3.8) is 0 Å². The molecule has 0 aromatic carbocycles. The van der Waals surface area contributed by atoms with E-state index in [0.717, 1.165) is 30.8 Å². The van der Waals surface area contributed by atoms with Gasteiger partial charge in [0.2, 0.25) is 0 Å². The van der Waals surface area contributed by atoms with E-state index in [4.69, 9.17) is 5.11 Å². The number of carboxylic acid groups (broad SMARTS) is 1. The molecular formula is C10H15NO2S. The van der Waals surface area contributed by atoms with Gasteiger partial charge in [-0.2, -0.15) is 0 Å². The third-order valence-electron chi connectivity index (χ3n) is 2.05. The Morgan fingerprint density at radius 3 is 2.86 bits per heavy atom.